The third kappa shape index (κ3) is 4.73. The number of nitro benzene ring substituents is 1. The van der Waals surface area contributed by atoms with Crippen LogP contribution in [0.3, 0.4) is 0 Å². The summed E-state index contributed by atoms with van der Waals surface area (Å²) in [6, 6.07) is 1.83. The molecule has 0 fully saturated rings. The van der Waals surface area contributed by atoms with E-state index in [1.165, 1.54) is 6.92 Å². The van der Waals surface area contributed by atoms with E-state index in [0.717, 1.165) is 23.5 Å². The molecule has 0 aliphatic carbocycles. The molecule has 0 unspecified atom stereocenters. The van der Waals surface area contributed by atoms with Crippen LogP contribution in [0.25, 0.3) is 0 Å². The van der Waals surface area contributed by atoms with Crippen LogP contribution in [-0.2, 0) is 19.6 Å². The number of benzene rings is 1. The molecule has 0 bridgehead atoms. The Morgan fingerprint density at radius 2 is 1.96 bits per heavy atom. The molecule has 1 aromatic carbocycles. The van der Waals surface area contributed by atoms with Crippen LogP contribution < -0.4 is 0 Å². The number of carbonyl (C=O) groups is 2. The Bertz CT molecular complexity index is 803. The quantitative estimate of drug-likeness (QED) is 0.406. The first-order valence-corrected chi connectivity index (χ1v) is 8.60. The van der Waals surface area contributed by atoms with Gasteiger partial charge in [0.1, 0.15) is 0 Å². The van der Waals surface area contributed by atoms with Crippen LogP contribution in [0.4, 0.5) is 5.69 Å². The van der Waals surface area contributed by atoms with Gasteiger partial charge in [0.15, 0.2) is 0 Å². The van der Waals surface area contributed by atoms with Gasteiger partial charge in [-0.1, -0.05) is 0 Å². The van der Waals surface area contributed by atoms with E-state index < -0.39 is 43.9 Å². The first-order valence-electron chi connectivity index (χ1n) is 7.16. The van der Waals surface area contributed by atoms with E-state index in [0.29, 0.717) is 0 Å². The van der Waals surface area contributed by atoms with E-state index >= 15 is 0 Å². The van der Waals surface area contributed by atoms with Gasteiger partial charge in [0.25, 0.3) is 5.69 Å². The van der Waals surface area contributed by atoms with Crippen LogP contribution in [0.5, 0.6) is 0 Å². The average Bonchev–Trinajstić information content (AvgIpc) is 2.52. The number of nitro groups is 1. The summed E-state index contributed by atoms with van der Waals surface area (Å²) in [5.74, 6) is -2.07. The zero-order valence-corrected chi connectivity index (χ0v) is 14.7. The van der Waals surface area contributed by atoms with Gasteiger partial charge in [-0.15, -0.1) is 0 Å². The number of ether oxygens (including phenoxy) is 1. The number of sulfonamides is 1. The highest BCUT2D eigenvalue weighted by atomic mass is 32.2. The number of carboxylic acids is 1. The second-order valence-corrected chi connectivity index (χ2v) is 7.11. The maximum absolute atomic E-state index is 12.5. The number of hydrogen-bond donors (Lipinski definition) is 1. The number of hydrogen-bond acceptors (Lipinski definition) is 7. The van der Waals surface area contributed by atoms with Crippen molar-refractivity contribution >= 4 is 27.6 Å². The molecule has 0 aliphatic rings. The molecule has 0 atom stereocenters. The molecule has 0 saturated heterocycles. The van der Waals surface area contributed by atoms with Gasteiger partial charge in [-0.2, -0.15) is 0 Å². The smallest absolute Gasteiger partial charge is 0.338 e. The number of carboxylic acid groups (broad SMARTS) is 1. The zero-order chi connectivity index (χ0) is 19.4. The van der Waals surface area contributed by atoms with Gasteiger partial charge in [-0.25, -0.2) is 17.5 Å². The van der Waals surface area contributed by atoms with Crippen molar-refractivity contribution < 1.29 is 32.8 Å². The van der Waals surface area contributed by atoms with Crippen molar-refractivity contribution in [1.82, 2.24) is 4.31 Å². The summed E-state index contributed by atoms with van der Waals surface area (Å²) in [5.41, 5.74) is -0.799. The average molecular weight is 374 g/mol. The first kappa shape index (κ1) is 20.5. The largest absolute Gasteiger partial charge is 0.481 e. The van der Waals surface area contributed by atoms with Gasteiger partial charge < -0.3 is 9.84 Å². The molecule has 1 aromatic rings. The molecule has 11 heteroatoms. The molecule has 10 nitrogen and oxygen atoms in total. The van der Waals surface area contributed by atoms with Crippen molar-refractivity contribution in [2.24, 2.45) is 0 Å². The third-order valence-electron chi connectivity index (χ3n) is 3.39. The molecule has 0 spiro atoms. The molecule has 0 saturated carbocycles. The molecule has 1 rings (SSSR count). The summed E-state index contributed by atoms with van der Waals surface area (Å²) in [7, 11) is -3.07. The maximum atomic E-state index is 12.5. The minimum atomic E-state index is -4.22. The van der Waals surface area contributed by atoms with Gasteiger partial charge in [-0.05, 0) is 19.9 Å². The van der Waals surface area contributed by atoms with Crippen molar-refractivity contribution in [1.29, 1.82) is 0 Å². The number of nitrogens with zero attached hydrogens (tertiary/aromatic N) is 2. The van der Waals surface area contributed by atoms with Crippen molar-refractivity contribution in [3.63, 3.8) is 0 Å². The summed E-state index contributed by atoms with van der Waals surface area (Å²) in [5, 5.41) is 19.8. The van der Waals surface area contributed by atoms with Gasteiger partial charge in [-0.3, -0.25) is 14.9 Å². The molecule has 0 aliphatic heterocycles. The maximum Gasteiger partial charge on any atom is 0.338 e. The molecular weight excluding hydrogens is 356 g/mol. The van der Waals surface area contributed by atoms with E-state index in [1.54, 1.807) is 6.92 Å². The molecule has 0 amide bonds. The van der Waals surface area contributed by atoms with Crippen LogP contribution in [0.15, 0.2) is 17.0 Å². The lowest BCUT2D eigenvalue weighted by molar-refractivity contribution is -0.385. The van der Waals surface area contributed by atoms with Crippen molar-refractivity contribution in [3.8, 4) is 0 Å². The minimum Gasteiger partial charge on any atom is -0.481 e. The standard InChI is InChI=1S/C14H18N2O8S/c1-4-24-14(19)11-7-10(8-12(9(11)2)16(20)21)25(22,23)15(3)6-5-13(17)18/h7-8H,4-6H2,1-3H3,(H,17,18). The second-order valence-electron chi connectivity index (χ2n) is 5.06. The predicted octanol–water partition coefficient (Wildman–Crippen LogP) is 1.18. The number of esters is 1. The summed E-state index contributed by atoms with van der Waals surface area (Å²) in [6.45, 7) is 2.55. The summed E-state index contributed by atoms with van der Waals surface area (Å²) >= 11 is 0. The Morgan fingerprint density at radius 3 is 2.44 bits per heavy atom. The third-order valence-corrected chi connectivity index (χ3v) is 5.23. The first-order chi connectivity index (χ1) is 11.5. The summed E-state index contributed by atoms with van der Waals surface area (Å²) in [4.78, 5) is 32.5. The number of aliphatic carboxylic acids is 1. The minimum absolute atomic E-state index is 0.0154. The van der Waals surface area contributed by atoms with Crippen LogP contribution >= 0.6 is 0 Å². The van der Waals surface area contributed by atoms with E-state index in [-0.39, 0.29) is 24.3 Å². The Morgan fingerprint density at radius 1 is 1.36 bits per heavy atom. The normalized spacial score (nSPS) is 11.4. The van der Waals surface area contributed by atoms with E-state index in [1.807, 2.05) is 0 Å². The van der Waals surface area contributed by atoms with E-state index in [2.05, 4.69) is 0 Å². The van der Waals surface area contributed by atoms with Crippen LogP contribution in [0.2, 0.25) is 0 Å². The topological polar surface area (TPSA) is 144 Å². The Kier molecular flexibility index (Phi) is 6.59. The highest BCUT2D eigenvalue weighted by Crippen LogP contribution is 2.28. The molecule has 1 N–H and O–H groups in total. The Labute approximate surface area is 144 Å². The lowest BCUT2D eigenvalue weighted by Gasteiger charge is -2.17. The highest BCUT2D eigenvalue weighted by Gasteiger charge is 2.28. The number of carbonyl (C=O) groups excluding carboxylic acids is 1. The molecule has 0 aromatic heterocycles. The van der Waals surface area contributed by atoms with Crippen LogP contribution in [0.1, 0.15) is 29.3 Å². The molecule has 138 valence electrons. The van der Waals surface area contributed by atoms with Crippen molar-refractivity contribution in [3.05, 3.63) is 33.4 Å². The van der Waals surface area contributed by atoms with Gasteiger partial charge in [0, 0.05) is 25.2 Å². The van der Waals surface area contributed by atoms with E-state index in [4.69, 9.17) is 9.84 Å². The second kappa shape index (κ2) is 8.03. The van der Waals surface area contributed by atoms with Crippen LogP contribution in [-0.4, -0.2) is 54.9 Å². The lowest BCUT2D eigenvalue weighted by Crippen LogP contribution is -2.29. The molecule has 0 radical (unpaired) electrons. The fourth-order valence-corrected chi connectivity index (χ4v) is 3.20. The van der Waals surface area contributed by atoms with E-state index in [9.17, 15) is 28.1 Å². The Hall–Kier alpha value is -2.53. The van der Waals surface area contributed by atoms with Gasteiger partial charge in [0.05, 0.1) is 28.4 Å². The molecule has 25 heavy (non-hydrogen) atoms. The summed E-state index contributed by atoms with van der Waals surface area (Å²) < 4.78 is 30.6. The predicted molar refractivity (Wildman–Crippen MR) is 85.9 cm³/mol. The fourth-order valence-electron chi connectivity index (χ4n) is 1.99. The van der Waals surface area contributed by atoms with Gasteiger partial charge >= 0.3 is 11.9 Å². The Balaban J connectivity index is 3.46. The number of rotatable bonds is 8. The monoisotopic (exact) mass is 374 g/mol. The lowest BCUT2D eigenvalue weighted by atomic mass is 10.1. The molecular formula is C14H18N2O8S. The van der Waals surface area contributed by atoms with Crippen molar-refractivity contribution in [2.75, 3.05) is 20.2 Å². The van der Waals surface area contributed by atoms with Crippen molar-refractivity contribution in [2.45, 2.75) is 25.2 Å². The van der Waals surface area contributed by atoms with Crippen LogP contribution in [0, 0.1) is 17.0 Å². The molecule has 0 heterocycles. The summed E-state index contributed by atoms with van der Waals surface area (Å²) in [6.07, 6.45) is -0.436. The zero-order valence-electron chi connectivity index (χ0n) is 13.9. The SMILES string of the molecule is CCOC(=O)c1cc(S(=O)(=O)N(C)CCC(=O)O)cc([N+](=O)[O-])c1C. The highest BCUT2D eigenvalue weighted by molar-refractivity contribution is 7.89. The van der Waals surface area contributed by atoms with Gasteiger partial charge in [0.2, 0.25) is 10.0 Å². The fraction of sp³-hybridized carbons (Fsp3) is 0.429.